The highest BCUT2D eigenvalue weighted by atomic mass is 16.5. The zero-order valence-corrected chi connectivity index (χ0v) is 10.5. The molecule has 1 N–H and O–H groups in total. The first-order valence-electron chi connectivity index (χ1n) is 6.47. The maximum atomic E-state index is 12.1. The van der Waals surface area contributed by atoms with E-state index >= 15 is 0 Å². The van der Waals surface area contributed by atoms with Crippen molar-refractivity contribution in [1.82, 2.24) is 10.2 Å². The van der Waals surface area contributed by atoms with Crippen LogP contribution >= 0.6 is 0 Å². The fraction of sp³-hybridized carbons (Fsp3) is 0.917. The standard InChI is InChI=1S/C12H22N2O3/c1-10-9-14(4-2-5-16-10)12(15)7-11-8-13-3-6-17-11/h10-11,13H,2-9H2,1H3. The number of carbonyl (C=O) groups excluding carboxylic acids is 1. The number of nitrogens with one attached hydrogen (secondary N) is 1. The van der Waals surface area contributed by atoms with Gasteiger partial charge in [0.15, 0.2) is 0 Å². The van der Waals surface area contributed by atoms with Crippen molar-refractivity contribution in [2.24, 2.45) is 0 Å². The molecular weight excluding hydrogens is 220 g/mol. The van der Waals surface area contributed by atoms with Crippen molar-refractivity contribution in [2.75, 3.05) is 39.4 Å². The third kappa shape index (κ3) is 3.94. The molecule has 0 aromatic carbocycles. The van der Waals surface area contributed by atoms with E-state index in [1.807, 2.05) is 11.8 Å². The van der Waals surface area contributed by atoms with Crippen LogP contribution in [0.4, 0.5) is 0 Å². The fourth-order valence-corrected chi connectivity index (χ4v) is 2.30. The largest absolute Gasteiger partial charge is 0.377 e. The molecule has 2 heterocycles. The fourth-order valence-electron chi connectivity index (χ4n) is 2.30. The Kier molecular flexibility index (Phi) is 4.76. The van der Waals surface area contributed by atoms with Gasteiger partial charge in [-0.05, 0) is 13.3 Å². The van der Waals surface area contributed by atoms with Gasteiger partial charge in [-0.1, -0.05) is 0 Å². The van der Waals surface area contributed by atoms with E-state index in [2.05, 4.69) is 5.32 Å². The number of hydrogen-bond acceptors (Lipinski definition) is 4. The van der Waals surface area contributed by atoms with Crippen molar-refractivity contribution in [1.29, 1.82) is 0 Å². The lowest BCUT2D eigenvalue weighted by atomic mass is 10.2. The minimum atomic E-state index is 0.0377. The molecule has 2 atom stereocenters. The third-order valence-corrected chi connectivity index (χ3v) is 3.21. The molecule has 2 aliphatic heterocycles. The van der Waals surface area contributed by atoms with Gasteiger partial charge in [0.25, 0.3) is 0 Å². The summed E-state index contributed by atoms with van der Waals surface area (Å²) in [6.45, 7) is 6.67. The number of rotatable bonds is 2. The van der Waals surface area contributed by atoms with Crippen molar-refractivity contribution in [2.45, 2.75) is 32.0 Å². The lowest BCUT2D eigenvalue weighted by Crippen LogP contribution is -2.43. The molecule has 5 nitrogen and oxygen atoms in total. The van der Waals surface area contributed by atoms with E-state index in [-0.39, 0.29) is 18.1 Å². The first-order valence-corrected chi connectivity index (χ1v) is 6.47. The van der Waals surface area contributed by atoms with Crippen LogP contribution in [0, 0.1) is 0 Å². The molecule has 2 aliphatic rings. The Balaban J connectivity index is 1.80. The summed E-state index contributed by atoms with van der Waals surface area (Å²) < 4.78 is 11.1. The second-order valence-electron chi connectivity index (χ2n) is 4.78. The molecule has 2 unspecified atom stereocenters. The van der Waals surface area contributed by atoms with Crippen LogP contribution in [-0.4, -0.2) is 62.4 Å². The number of hydrogen-bond donors (Lipinski definition) is 1. The zero-order chi connectivity index (χ0) is 12.1. The number of nitrogens with zero attached hydrogens (tertiary/aromatic N) is 1. The van der Waals surface area contributed by atoms with Crippen LogP contribution in [0.1, 0.15) is 19.8 Å². The van der Waals surface area contributed by atoms with Crippen LogP contribution in [0.5, 0.6) is 0 Å². The van der Waals surface area contributed by atoms with Crippen molar-refractivity contribution < 1.29 is 14.3 Å². The average molecular weight is 242 g/mol. The molecule has 5 heteroatoms. The van der Waals surface area contributed by atoms with Gasteiger partial charge in [0.05, 0.1) is 25.2 Å². The first-order chi connectivity index (χ1) is 8.25. The van der Waals surface area contributed by atoms with E-state index in [9.17, 15) is 4.79 Å². The Morgan fingerprint density at radius 3 is 3.06 bits per heavy atom. The zero-order valence-electron chi connectivity index (χ0n) is 10.5. The van der Waals surface area contributed by atoms with E-state index in [4.69, 9.17) is 9.47 Å². The Labute approximate surface area is 102 Å². The minimum absolute atomic E-state index is 0.0377. The van der Waals surface area contributed by atoms with Gasteiger partial charge in [0.1, 0.15) is 0 Å². The molecule has 17 heavy (non-hydrogen) atoms. The van der Waals surface area contributed by atoms with Crippen LogP contribution in [0.25, 0.3) is 0 Å². The van der Waals surface area contributed by atoms with Crippen molar-refractivity contribution in [3.05, 3.63) is 0 Å². The molecular formula is C12H22N2O3. The van der Waals surface area contributed by atoms with E-state index in [1.54, 1.807) is 0 Å². The highest BCUT2D eigenvalue weighted by Gasteiger charge is 2.24. The average Bonchev–Trinajstić information content (AvgIpc) is 2.55. The first kappa shape index (κ1) is 12.8. The van der Waals surface area contributed by atoms with Gasteiger partial charge in [0, 0.05) is 32.8 Å². The van der Waals surface area contributed by atoms with Crippen LogP contribution < -0.4 is 5.32 Å². The highest BCUT2D eigenvalue weighted by Crippen LogP contribution is 2.10. The van der Waals surface area contributed by atoms with Gasteiger partial charge >= 0.3 is 0 Å². The SMILES string of the molecule is CC1CN(C(=O)CC2CNCCO2)CCCO1. The molecule has 2 rings (SSSR count). The summed E-state index contributed by atoms with van der Waals surface area (Å²) >= 11 is 0. The van der Waals surface area contributed by atoms with E-state index in [1.165, 1.54) is 0 Å². The normalized spacial score (nSPS) is 31.0. The molecule has 0 aromatic rings. The minimum Gasteiger partial charge on any atom is -0.377 e. The van der Waals surface area contributed by atoms with Crippen molar-refractivity contribution >= 4 is 5.91 Å². The van der Waals surface area contributed by atoms with Crippen LogP contribution in [-0.2, 0) is 14.3 Å². The summed E-state index contributed by atoms with van der Waals surface area (Å²) in [7, 11) is 0. The number of amides is 1. The monoisotopic (exact) mass is 242 g/mol. The molecule has 0 aromatic heterocycles. The molecule has 98 valence electrons. The predicted octanol–water partition coefficient (Wildman–Crippen LogP) is 0.00230. The number of ether oxygens (including phenoxy) is 2. The second-order valence-corrected chi connectivity index (χ2v) is 4.78. The van der Waals surface area contributed by atoms with E-state index in [0.717, 1.165) is 32.7 Å². The quantitative estimate of drug-likeness (QED) is 0.740. The Bertz CT molecular complexity index is 254. The second kappa shape index (κ2) is 6.33. The topological polar surface area (TPSA) is 50.8 Å². The molecule has 0 aliphatic carbocycles. The van der Waals surface area contributed by atoms with Crippen molar-refractivity contribution in [3.8, 4) is 0 Å². The summed E-state index contributed by atoms with van der Waals surface area (Å²) in [4.78, 5) is 14.0. The molecule has 2 saturated heterocycles. The lowest BCUT2D eigenvalue weighted by Gasteiger charge is -2.27. The summed E-state index contributed by atoms with van der Waals surface area (Å²) in [5.41, 5.74) is 0. The van der Waals surface area contributed by atoms with E-state index < -0.39 is 0 Å². The smallest absolute Gasteiger partial charge is 0.225 e. The molecule has 0 bridgehead atoms. The number of morpholine rings is 1. The highest BCUT2D eigenvalue weighted by molar-refractivity contribution is 5.76. The van der Waals surface area contributed by atoms with E-state index in [0.29, 0.717) is 19.6 Å². The maximum Gasteiger partial charge on any atom is 0.225 e. The van der Waals surface area contributed by atoms with Gasteiger partial charge < -0.3 is 19.7 Å². The molecule has 1 amide bonds. The Morgan fingerprint density at radius 2 is 2.29 bits per heavy atom. The Morgan fingerprint density at radius 1 is 1.41 bits per heavy atom. The van der Waals surface area contributed by atoms with Gasteiger partial charge in [-0.25, -0.2) is 0 Å². The van der Waals surface area contributed by atoms with Gasteiger partial charge in [-0.15, -0.1) is 0 Å². The molecule has 0 spiro atoms. The van der Waals surface area contributed by atoms with Crippen molar-refractivity contribution in [3.63, 3.8) is 0 Å². The van der Waals surface area contributed by atoms with Crippen LogP contribution in [0.3, 0.4) is 0 Å². The third-order valence-electron chi connectivity index (χ3n) is 3.21. The Hall–Kier alpha value is -0.650. The summed E-state index contributed by atoms with van der Waals surface area (Å²) in [6, 6.07) is 0. The summed E-state index contributed by atoms with van der Waals surface area (Å²) in [5, 5.41) is 3.24. The summed E-state index contributed by atoms with van der Waals surface area (Å²) in [6.07, 6.45) is 1.60. The molecule has 0 radical (unpaired) electrons. The van der Waals surface area contributed by atoms with Crippen LogP contribution in [0.15, 0.2) is 0 Å². The summed E-state index contributed by atoms with van der Waals surface area (Å²) in [5.74, 6) is 0.191. The molecule has 2 fully saturated rings. The predicted molar refractivity (Wildman–Crippen MR) is 63.8 cm³/mol. The molecule has 0 saturated carbocycles. The van der Waals surface area contributed by atoms with Crippen LogP contribution in [0.2, 0.25) is 0 Å². The number of carbonyl (C=O) groups is 1. The maximum absolute atomic E-state index is 12.1. The van der Waals surface area contributed by atoms with Gasteiger partial charge in [-0.2, -0.15) is 0 Å². The lowest BCUT2D eigenvalue weighted by molar-refractivity contribution is -0.135. The van der Waals surface area contributed by atoms with Gasteiger partial charge in [-0.3, -0.25) is 4.79 Å². The van der Waals surface area contributed by atoms with Gasteiger partial charge in [0.2, 0.25) is 5.91 Å².